The van der Waals surface area contributed by atoms with Crippen molar-refractivity contribution in [3.63, 3.8) is 0 Å². The van der Waals surface area contributed by atoms with E-state index in [4.69, 9.17) is 16.6 Å². The van der Waals surface area contributed by atoms with Gasteiger partial charge in [-0.3, -0.25) is 9.69 Å². The molecule has 0 unspecified atom stereocenters. The fourth-order valence-corrected chi connectivity index (χ4v) is 3.36. The molecule has 0 aliphatic carbocycles. The number of thiocarbonyl (C=S) groups is 1. The predicted molar refractivity (Wildman–Crippen MR) is 84.6 cm³/mol. The summed E-state index contributed by atoms with van der Waals surface area (Å²) in [5.74, 6) is -1.08. The molecule has 1 aromatic heterocycles. The number of furan rings is 1. The largest absolute Gasteiger partial charge is 0.480 e. The van der Waals surface area contributed by atoms with E-state index in [2.05, 4.69) is 0 Å². The average Bonchev–Trinajstić information content (AvgIpc) is 3.02. The summed E-state index contributed by atoms with van der Waals surface area (Å²) >= 11 is 6.29. The number of hydrogen-bond donors (Lipinski definition) is 1. The summed E-state index contributed by atoms with van der Waals surface area (Å²) < 4.78 is 5.44. The monoisotopic (exact) mass is 325 g/mol. The van der Waals surface area contributed by atoms with E-state index < -0.39 is 12.0 Å². The summed E-state index contributed by atoms with van der Waals surface area (Å²) in [6.45, 7) is 3.69. The Balaban J connectivity index is 2.31. The van der Waals surface area contributed by atoms with Gasteiger partial charge in [-0.05, 0) is 18.1 Å². The van der Waals surface area contributed by atoms with Gasteiger partial charge in [0.1, 0.15) is 16.1 Å². The topological polar surface area (TPSA) is 70.8 Å². The lowest BCUT2D eigenvalue weighted by atomic mass is 9.98. The summed E-state index contributed by atoms with van der Waals surface area (Å²) in [7, 11) is 0. The Bertz CT molecular complexity index is 594. The smallest absolute Gasteiger partial charge is 0.327 e. The Hall–Kier alpha value is -1.60. The molecule has 1 fully saturated rings. The quantitative estimate of drug-likeness (QED) is 0.663. The van der Waals surface area contributed by atoms with Gasteiger partial charge in [-0.2, -0.15) is 0 Å². The maximum Gasteiger partial charge on any atom is 0.327 e. The molecule has 21 heavy (non-hydrogen) atoms. The number of rotatable bonds is 5. The van der Waals surface area contributed by atoms with E-state index in [1.54, 1.807) is 25.1 Å². The first-order chi connectivity index (χ1) is 9.95. The average molecular weight is 325 g/mol. The van der Waals surface area contributed by atoms with E-state index >= 15 is 0 Å². The zero-order valence-electron chi connectivity index (χ0n) is 11.6. The van der Waals surface area contributed by atoms with Gasteiger partial charge >= 0.3 is 5.97 Å². The summed E-state index contributed by atoms with van der Waals surface area (Å²) in [6, 6.07) is 2.49. The molecule has 1 aliphatic heterocycles. The zero-order chi connectivity index (χ0) is 15.6. The Kier molecular flexibility index (Phi) is 4.84. The minimum atomic E-state index is -1.04. The van der Waals surface area contributed by atoms with Gasteiger partial charge in [0.15, 0.2) is 0 Å². The van der Waals surface area contributed by atoms with Crippen molar-refractivity contribution in [2.75, 3.05) is 0 Å². The molecule has 0 bridgehead atoms. The lowest BCUT2D eigenvalue weighted by Crippen LogP contribution is -2.47. The first kappa shape index (κ1) is 15.8. The van der Waals surface area contributed by atoms with Crippen molar-refractivity contribution in [2.45, 2.75) is 26.3 Å². The minimum Gasteiger partial charge on any atom is -0.480 e. The molecule has 0 saturated carbocycles. The molecule has 2 heterocycles. The second kappa shape index (κ2) is 6.44. The van der Waals surface area contributed by atoms with Crippen LogP contribution in [0.15, 0.2) is 27.7 Å². The van der Waals surface area contributed by atoms with Crippen molar-refractivity contribution in [1.82, 2.24) is 4.90 Å². The number of hydrogen-bond acceptors (Lipinski definition) is 5. The number of carbonyl (C=O) groups is 2. The van der Waals surface area contributed by atoms with Crippen molar-refractivity contribution in [3.8, 4) is 0 Å². The number of carbonyl (C=O) groups excluding carboxylic acids is 1. The third-order valence-corrected chi connectivity index (χ3v) is 4.68. The third-order valence-electron chi connectivity index (χ3n) is 3.35. The number of amides is 1. The highest BCUT2D eigenvalue weighted by Crippen LogP contribution is 2.35. The van der Waals surface area contributed by atoms with Crippen LogP contribution in [0.5, 0.6) is 0 Å². The van der Waals surface area contributed by atoms with Gasteiger partial charge in [-0.1, -0.05) is 44.2 Å². The summed E-state index contributed by atoms with van der Waals surface area (Å²) in [6.07, 6.45) is 3.73. The van der Waals surface area contributed by atoms with Crippen LogP contribution in [0.3, 0.4) is 0 Å². The SMILES string of the molecule is CC[C@H](C)[C@H](C(=O)O)N1C(=O)/C(=C\c2ccco2)SC1=S. The van der Waals surface area contributed by atoms with E-state index in [1.165, 1.54) is 11.2 Å². The predicted octanol–water partition coefficient (Wildman–Crippen LogP) is 2.98. The lowest BCUT2D eigenvalue weighted by Gasteiger charge is -2.27. The maximum absolute atomic E-state index is 12.5. The van der Waals surface area contributed by atoms with Crippen molar-refractivity contribution >= 4 is 46.3 Å². The molecule has 1 aliphatic rings. The molecule has 1 saturated heterocycles. The van der Waals surface area contributed by atoms with Crippen LogP contribution in [0.2, 0.25) is 0 Å². The molecule has 0 spiro atoms. The van der Waals surface area contributed by atoms with E-state index in [1.807, 2.05) is 6.92 Å². The molecule has 1 N–H and O–H groups in total. The van der Waals surface area contributed by atoms with Crippen molar-refractivity contribution in [3.05, 3.63) is 29.1 Å². The Labute approximate surface area is 132 Å². The van der Waals surface area contributed by atoms with Gasteiger partial charge in [0.05, 0.1) is 11.2 Å². The highest BCUT2D eigenvalue weighted by molar-refractivity contribution is 8.26. The fraction of sp³-hybridized carbons (Fsp3) is 0.357. The van der Waals surface area contributed by atoms with E-state index in [0.29, 0.717) is 17.1 Å². The van der Waals surface area contributed by atoms with Crippen LogP contribution in [-0.4, -0.2) is 32.2 Å². The minimum absolute atomic E-state index is 0.187. The van der Waals surface area contributed by atoms with Gasteiger partial charge in [-0.25, -0.2) is 4.79 Å². The molecule has 0 aromatic carbocycles. The molecule has 5 nitrogen and oxygen atoms in total. The molecule has 0 radical (unpaired) electrons. The number of thioether (sulfide) groups is 1. The number of nitrogens with zero attached hydrogens (tertiary/aromatic N) is 1. The standard InChI is InChI=1S/C14H15NO4S2/c1-3-8(2)11(13(17)18)15-12(16)10(21-14(15)20)7-9-5-4-6-19-9/h4-8,11H,3H2,1-2H3,(H,17,18)/b10-7+/t8-,11+/m0/s1. The van der Waals surface area contributed by atoms with Crippen molar-refractivity contribution in [2.24, 2.45) is 5.92 Å². The normalized spacial score (nSPS) is 20.1. The number of carboxylic acids is 1. The van der Waals surface area contributed by atoms with Gasteiger partial charge in [0, 0.05) is 6.08 Å². The molecule has 7 heteroatoms. The molecular formula is C14H15NO4S2. The van der Waals surface area contributed by atoms with E-state index in [-0.39, 0.29) is 16.1 Å². The van der Waals surface area contributed by atoms with Crippen LogP contribution in [0, 0.1) is 5.92 Å². The molecule has 2 rings (SSSR count). The highest BCUT2D eigenvalue weighted by atomic mass is 32.2. The lowest BCUT2D eigenvalue weighted by molar-refractivity contribution is -0.147. The molecule has 1 aromatic rings. The van der Waals surface area contributed by atoms with Gasteiger partial charge in [0.2, 0.25) is 0 Å². The van der Waals surface area contributed by atoms with E-state index in [9.17, 15) is 14.7 Å². The van der Waals surface area contributed by atoms with Gasteiger partial charge in [-0.15, -0.1) is 0 Å². The number of aliphatic carboxylic acids is 1. The highest BCUT2D eigenvalue weighted by Gasteiger charge is 2.42. The molecule has 2 atom stereocenters. The van der Waals surface area contributed by atoms with Crippen molar-refractivity contribution < 1.29 is 19.1 Å². The summed E-state index contributed by atoms with van der Waals surface area (Å²) in [5.41, 5.74) is 0. The van der Waals surface area contributed by atoms with Crippen LogP contribution < -0.4 is 0 Å². The van der Waals surface area contributed by atoms with Crippen LogP contribution in [0.1, 0.15) is 26.0 Å². The number of carboxylic acid groups (broad SMARTS) is 1. The third kappa shape index (κ3) is 3.19. The van der Waals surface area contributed by atoms with Crippen LogP contribution in [0.25, 0.3) is 6.08 Å². The first-order valence-electron chi connectivity index (χ1n) is 6.49. The van der Waals surface area contributed by atoms with Gasteiger partial charge in [0.25, 0.3) is 5.91 Å². The molecular weight excluding hydrogens is 310 g/mol. The van der Waals surface area contributed by atoms with E-state index in [0.717, 1.165) is 11.8 Å². The van der Waals surface area contributed by atoms with Crippen molar-refractivity contribution in [1.29, 1.82) is 0 Å². The molecule has 1 amide bonds. The Morgan fingerprint density at radius 1 is 1.62 bits per heavy atom. The summed E-state index contributed by atoms with van der Waals surface area (Å²) in [4.78, 5) is 25.5. The molecule has 112 valence electrons. The zero-order valence-corrected chi connectivity index (χ0v) is 13.2. The summed E-state index contributed by atoms with van der Waals surface area (Å²) in [5, 5.41) is 9.41. The fourth-order valence-electron chi connectivity index (χ4n) is 2.05. The van der Waals surface area contributed by atoms with Crippen LogP contribution in [-0.2, 0) is 9.59 Å². The Morgan fingerprint density at radius 2 is 2.33 bits per heavy atom. The first-order valence-corrected chi connectivity index (χ1v) is 7.71. The van der Waals surface area contributed by atoms with Crippen LogP contribution in [0.4, 0.5) is 0 Å². The second-order valence-electron chi connectivity index (χ2n) is 4.74. The van der Waals surface area contributed by atoms with Crippen LogP contribution >= 0.6 is 24.0 Å². The maximum atomic E-state index is 12.5. The Morgan fingerprint density at radius 3 is 2.86 bits per heavy atom. The second-order valence-corrected chi connectivity index (χ2v) is 6.41. The van der Waals surface area contributed by atoms with Gasteiger partial charge < -0.3 is 9.52 Å².